The van der Waals surface area contributed by atoms with E-state index in [2.05, 4.69) is 9.97 Å². The molecule has 0 atom stereocenters. The first-order valence-electron chi connectivity index (χ1n) is 8.10. The molecular weight excluding hydrogens is 314 g/mol. The number of rotatable bonds is 5. The van der Waals surface area contributed by atoms with Crippen molar-refractivity contribution in [1.82, 2.24) is 9.97 Å². The third-order valence-electron chi connectivity index (χ3n) is 3.71. The van der Waals surface area contributed by atoms with Crippen molar-refractivity contribution in [2.75, 3.05) is 11.4 Å². The molecule has 3 rings (SSSR count). The molecule has 0 unspecified atom stereocenters. The number of amides is 1. The van der Waals surface area contributed by atoms with Crippen molar-refractivity contribution in [3.05, 3.63) is 78.2 Å². The molecule has 5 nitrogen and oxygen atoms in total. The van der Waals surface area contributed by atoms with Crippen LogP contribution in [0.15, 0.2) is 67.1 Å². The highest BCUT2D eigenvalue weighted by atomic mass is 16.5. The van der Waals surface area contributed by atoms with Crippen molar-refractivity contribution in [3.8, 4) is 11.6 Å². The van der Waals surface area contributed by atoms with Gasteiger partial charge < -0.3 is 9.64 Å². The standard InChI is InChI=1S/C20H19N3O2/c1-3-23(17-7-5-11-21-14-17)20(24)16-9-10-19(22-13-16)25-18-8-4-6-15(2)12-18/h4-14H,3H2,1-2H3. The normalized spacial score (nSPS) is 10.3. The van der Waals surface area contributed by atoms with Crippen molar-refractivity contribution in [2.45, 2.75) is 13.8 Å². The second-order valence-electron chi connectivity index (χ2n) is 5.56. The fourth-order valence-corrected chi connectivity index (χ4v) is 2.48. The second-order valence-corrected chi connectivity index (χ2v) is 5.56. The molecule has 25 heavy (non-hydrogen) atoms. The first-order valence-corrected chi connectivity index (χ1v) is 8.10. The number of ether oxygens (including phenoxy) is 1. The number of carbonyl (C=O) groups excluding carboxylic acids is 1. The number of hydrogen-bond acceptors (Lipinski definition) is 4. The lowest BCUT2D eigenvalue weighted by molar-refractivity contribution is 0.0988. The average molecular weight is 333 g/mol. The molecule has 0 radical (unpaired) electrons. The quantitative estimate of drug-likeness (QED) is 0.700. The van der Waals surface area contributed by atoms with Crippen LogP contribution in [0.2, 0.25) is 0 Å². The molecule has 126 valence electrons. The third-order valence-corrected chi connectivity index (χ3v) is 3.71. The van der Waals surface area contributed by atoms with Gasteiger partial charge in [-0.15, -0.1) is 0 Å². The lowest BCUT2D eigenvalue weighted by Crippen LogP contribution is -2.30. The molecule has 0 saturated carbocycles. The molecule has 0 saturated heterocycles. The van der Waals surface area contributed by atoms with Crippen LogP contribution in [0.5, 0.6) is 11.6 Å². The summed E-state index contributed by atoms with van der Waals surface area (Å²) in [5.41, 5.74) is 2.37. The molecule has 0 aliphatic rings. The number of aryl methyl sites for hydroxylation is 1. The van der Waals surface area contributed by atoms with Gasteiger partial charge in [-0.2, -0.15) is 0 Å². The molecule has 0 N–H and O–H groups in total. The van der Waals surface area contributed by atoms with Gasteiger partial charge in [0.15, 0.2) is 0 Å². The van der Waals surface area contributed by atoms with Crippen LogP contribution in [0.1, 0.15) is 22.8 Å². The van der Waals surface area contributed by atoms with Gasteiger partial charge in [-0.25, -0.2) is 4.98 Å². The van der Waals surface area contributed by atoms with E-state index >= 15 is 0 Å². The van der Waals surface area contributed by atoms with E-state index in [1.807, 2.05) is 50.2 Å². The van der Waals surface area contributed by atoms with E-state index in [4.69, 9.17) is 4.74 Å². The Morgan fingerprint density at radius 3 is 2.64 bits per heavy atom. The Kier molecular flexibility index (Phi) is 5.04. The van der Waals surface area contributed by atoms with Gasteiger partial charge in [-0.3, -0.25) is 9.78 Å². The highest BCUT2D eigenvalue weighted by molar-refractivity contribution is 6.05. The Bertz CT molecular complexity index is 848. The van der Waals surface area contributed by atoms with E-state index < -0.39 is 0 Å². The van der Waals surface area contributed by atoms with Gasteiger partial charge in [0.25, 0.3) is 5.91 Å². The molecule has 1 aromatic carbocycles. The van der Waals surface area contributed by atoms with Crippen LogP contribution in [-0.2, 0) is 0 Å². The Hall–Kier alpha value is -3.21. The summed E-state index contributed by atoms with van der Waals surface area (Å²) < 4.78 is 5.72. The SMILES string of the molecule is CCN(C(=O)c1ccc(Oc2cccc(C)c2)nc1)c1cccnc1. The maximum absolute atomic E-state index is 12.7. The lowest BCUT2D eigenvalue weighted by atomic mass is 10.2. The van der Waals surface area contributed by atoms with Gasteiger partial charge in [0.05, 0.1) is 17.4 Å². The zero-order valence-corrected chi connectivity index (χ0v) is 14.2. The molecule has 5 heteroatoms. The van der Waals surface area contributed by atoms with Gasteiger partial charge in [-0.05, 0) is 49.7 Å². The number of aromatic nitrogens is 2. The Labute approximate surface area is 146 Å². The molecule has 0 aliphatic heterocycles. The van der Waals surface area contributed by atoms with Crippen molar-refractivity contribution >= 4 is 11.6 Å². The maximum Gasteiger partial charge on any atom is 0.259 e. The summed E-state index contributed by atoms with van der Waals surface area (Å²) >= 11 is 0. The zero-order chi connectivity index (χ0) is 17.6. The van der Waals surface area contributed by atoms with Crippen LogP contribution in [0, 0.1) is 6.92 Å². The first kappa shape index (κ1) is 16.6. The summed E-state index contributed by atoms with van der Waals surface area (Å²) in [5.74, 6) is 1.05. The molecule has 0 aliphatic carbocycles. The molecule has 1 amide bonds. The lowest BCUT2D eigenvalue weighted by Gasteiger charge is -2.20. The molecule has 0 fully saturated rings. The van der Waals surface area contributed by atoms with Crippen LogP contribution < -0.4 is 9.64 Å². The van der Waals surface area contributed by atoms with Crippen LogP contribution in [0.3, 0.4) is 0 Å². The highest BCUT2D eigenvalue weighted by Crippen LogP contribution is 2.21. The fraction of sp³-hybridized carbons (Fsp3) is 0.150. The van der Waals surface area contributed by atoms with Crippen molar-refractivity contribution < 1.29 is 9.53 Å². The Morgan fingerprint density at radius 1 is 1.12 bits per heavy atom. The molecule has 2 heterocycles. The van der Waals surface area contributed by atoms with Crippen LogP contribution >= 0.6 is 0 Å². The van der Waals surface area contributed by atoms with Crippen LogP contribution in [0.25, 0.3) is 0 Å². The molecule has 3 aromatic rings. The summed E-state index contributed by atoms with van der Waals surface area (Å²) in [7, 11) is 0. The average Bonchev–Trinajstić information content (AvgIpc) is 2.64. The molecule has 0 spiro atoms. The number of carbonyl (C=O) groups is 1. The van der Waals surface area contributed by atoms with E-state index in [9.17, 15) is 4.79 Å². The number of anilines is 1. The summed E-state index contributed by atoms with van der Waals surface area (Å²) in [6.07, 6.45) is 4.89. The Morgan fingerprint density at radius 2 is 2.00 bits per heavy atom. The summed E-state index contributed by atoms with van der Waals surface area (Å²) in [5, 5.41) is 0. The fourth-order valence-electron chi connectivity index (χ4n) is 2.48. The molecule has 0 bridgehead atoms. The summed E-state index contributed by atoms with van der Waals surface area (Å²) in [6, 6.07) is 14.8. The van der Waals surface area contributed by atoms with E-state index in [1.165, 1.54) is 6.20 Å². The van der Waals surface area contributed by atoms with E-state index in [0.717, 1.165) is 17.0 Å². The van der Waals surface area contributed by atoms with Gasteiger partial charge in [0, 0.05) is 25.0 Å². The van der Waals surface area contributed by atoms with Gasteiger partial charge in [-0.1, -0.05) is 12.1 Å². The number of benzene rings is 1. The van der Waals surface area contributed by atoms with E-state index in [-0.39, 0.29) is 5.91 Å². The van der Waals surface area contributed by atoms with Crippen LogP contribution in [-0.4, -0.2) is 22.4 Å². The highest BCUT2D eigenvalue weighted by Gasteiger charge is 2.16. The smallest absolute Gasteiger partial charge is 0.259 e. The minimum absolute atomic E-state index is 0.120. The first-order chi connectivity index (χ1) is 12.2. The number of hydrogen-bond donors (Lipinski definition) is 0. The van der Waals surface area contributed by atoms with E-state index in [0.29, 0.717) is 18.0 Å². The summed E-state index contributed by atoms with van der Waals surface area (Å²) in [4.78, 5) is 22.7. The minimum atomic E-state index is -0.120. The predicted molar refractivity (Wildman–Crippen MR) is 97.1 cm³/mol. The summed E-state index contributed by atoms with van der Waals surface area (Å²) in [6.45, 7) is 4.47. The Balaban J connectivity index is 1.76. The largest absolute Gasteiger partial charge is 0.439 e. The van der Waals surface area contributed by atoms with Crippen molar-refractivity contribution in [3.63, 3.8) is 0 Å². The van der Waals surface area contributed by atoms with Gasteiger partial charge >= 0.3 is 0 Å². The second kappa shape index (κ2) is 7.57. The zero-order valence-electron chi connectivity index (χ0n) is 14.2. The number of pyridine rings is 2. The molecule has 2 aromatic heterocycles. The van der Waals surface area contributed by atoms with Crippen molar-refractivity contribution in [1.29, 1.82) is 0 Å². The topological polar surface area (TPSA) is 55.3 Å². The minimum Gasteiger partial charge on any atom is -0.439 e. The number of nitrogens with zero attached hydrogens (tertiary/aromatic N) is 3. The molecular formula is C20H19N3O2. The maximum atomic E-state index is 12.7. The monoisotopic (exact) mass is 333 g/mol. The predicted octanol–water partition coefficient (Wildman–Crippen LogP) is 4.24. The van der Waals surface area contributed by atoms with Crippen molar-refractivity contribution in [2.24, 2.45) is 0 Å². The van der Waals surface area contributed by atoms with Gasteiger partial charge in [0.1, 0.15) is 5.75 Å². The van der Waals surface area contributed by atoms with E-state index in [1.54, 1.807) is 29.4 Å². The third kappa shape index (κ3) is 4.01. The van der Waals surface area contributed by atoms with Crippen LogP contribution in [0.4, 0.5) is 5.69 Å². The van der Waals surface area contributed by atoms with Gasteiger partial charge in [0.2, 0.25) is 5.88 Å².